The average molecular weight is 417 g/mol. The third kappa shape index (κ3) is 13.4. The van der Waals surface area contributed by atoms with Crippen LogP contribution < -0.4 is 27.0 Å². The number of ketones is 1. The highest BCUT2D eigenvalue weighted by molar-refractivity contribution is 7.99. The maximum Gasteiger partial charge on any atom is 0.236 e. The lowest BCUT2D eigenvalue weighted by atomic mass is 10.1. The van der Waals surface area contributed by atoms with E-state index in [0.29, 0.717) is 49.9 Å². The molecule has 162 valence electrons. The standard InChI is InChI=1S/C18H36N6O3S/c1-13(2)15(25)7-9-22-16(26)12-28-11-10-23-17(27)14(19)6-5-8-24-18(20-3)21-4/h13-14H,5-12,19H2,1-4H3,(H,22,26)(H,23,27)(H2,20,21,24). The molecule has 1 atom stereocenters. The van der Waals surface area contributed by atoms with Crippen molar-refractivity contribution in [2.75, 3.05) is 45.2 Å². The van der Waals surface area contributed by atoms with E-state index < -0.39 is 6.04 Å². The maximum atomic E-state index is 11.9. The van der Waals surface area contributed by atoms with Crippen molar-refractivity contribution in [3.8, 4) is 0 Å². The number of thioether (sulfide) groups is 1. The summed E-state index contributed by atoms with van der Waals surface area (Å²) in [7, 11) is 3.47. The molecule has 28 heavy (non-hydrogen) atoms. The van der Waals surface area contributed by atoms with Crippen molar-refractivity contribution < 1.29 is 14.4 Å². The third-order valence-corrected chi connectivity index (χ3v) is 4.86. The van der Waals surface area contributed by atoms with Gasteiger partial charge in [-0.1, -0.05) is 13.8 Å². The first kappa shape index (κ1) is 26.2. The third-order valence-electron chi connectivity index (χ3n) is 3.90. The quantitative estimate of drug-likeness (QED) is 0.146. The number of nitrogens with one attached hydrogen (secondary N) is 4. The number of aliphatic imine (C=N–C) groups is 1. The van der Waals surface area contributed by atoms with Crippen LogP contribution in [0.4, 0.5) is 0 Å². The van der Waals surface area contributed by atoms with E-state index in [4.69, 9.17) is 5.73 Å². The lowest BCUT2D eigenvalue weighted by Gasteiger charge is -2.13. The molecule has 0 heterocycles. The van der Waals surface area contributed by atoms with Gasteiger partial charge in [0.15, 0.2) is 5.96 Å². The van der Waals surface area contributed by atoms with E-state index in [1.165, 1.54) is 11.8 Å². The molecular weight excluding hydrogens is 380 g/mol. The molecule has 0 saturated carbocycles. The molecule has 0 aliphatic heterocycles. The number of guanidine groups is 1. The van der Waals surface area contributed by atoms with Crippen LogP contribution in [0.3, 0.4) is 0 Å². The second-order valence-electron chi connectivity index (χ2n) is 6.56. The summed E-state index contributed by atoms with van der Waals surface area (Å²) < 4.78 is 0. The highest BCUT2D eigenvalue weighted by Gasteiger charge is 2.12. The molecule has 0 bridgehead atoms. The smallest absolute Gasteiger partial charge is 0.236 e. The molecule has 0 aliphatic rings. The van der Waals surface area contributed by atoms with E-state index in [0.717, 1.165) is 6.42 Å². The molecule has 0 aromatic heterocycles. The second kappa shape index (κ2) is 16.2. The summed E-state index contributed by atoms with van der Waals surface area (Å²) in [5.74, 6) is 1.47. The van der Waals surface area contributed by atoms with Gasteiger partial charge < -0.3 is 27.0 Å². The first-order valence-electron chi connectivity index (χ1n) is 9.60. The number of carbonyl (C=O) groups excluding carboxylic acids is 3. The first-order chi connectivity index (χ1) is 13.3. The summed E-state index contributed by atoms with van der Waals surface area (Å²) in [6, 6.07) is -0.551. The van der Waals surface area contributed by atoms with E-state index >= 15 is 0 Å². The fourth-order valence-electron chi connectivity index (χ4n) is 2.15. The molecule has 6 N–H and O–H groups in total. The predicted molar refractivity (Wildman–Crippen MR) is 115 cm³/mol. The van der Waals surface area contributed by atoms with Crippen molar-refractivity contribution in [2.45, 2.75) is 39.2 Å². The van der Waals surface area contributed by atoms with Crippen molar-refractivity contribution in [1.82, 2.24) is 21.3 Å². The van der Waals surface area contributed by atoms with Gasteiger partial charge in [0, 0.05) is 51.8 Å². The number of Topliss-reactive ketones (excluding diaryl/α,β-unsaturated/α-hetero) is 1. The Balaban J connectivity index is 3.69. The van der Waals surface area contributed by atoms with Gasteiger partial charge in [0.1, 0.15) is 5.78 Å². The molecule has 0 fully saturated rings. The normalized spacial score (nSPS) is 12.4. The predicted octanol–water partition coefficient (Wildman–Crippen LogP) is -0.530. The van der Waals surface area contributed by atoms with Gasteiger partial charge in [0.05, 0.1) is 11.8 Å². The van der Waals surface area contributed by atoms with Gasteiger partial charge in [-0.3, -0.25) is 19.4 Å². The first-order valence-corrected chi connectivity index (χ1v) is 10.8. The van der Waals surface area contributed by atoms with Gasteiger partial charge in [-0.05, 0) is 12.8 Å². The summed E-state index contributed by atoms with van der Waals surface area (Å²) in [5, 5.41) is 11.5. The molecule has 0 saturated heterocycles. The van der Waals surface area contributed by atoms with E-state index in [1.54, 1.807) is 14.1 Å². The Morgan fingerprint density at radius 2 is 1.79 bits per heavy atom. The zero-order chi connectivity index (χ0) is 21.4. The van der Waals surface area contributed by atoms with Crippen LogP contribution in [0.1, 0.15) is 33.1 Å². The van der Waals surface area contributed by atoms with Gasteiger partial charge in [0.25, 0.3) is 0 Å². The number of hydrogen-bond donors (Lipinski definition) is 5. The number of nitrogens with zero attached hydrogens (tertiary/aromatic N) is 1. The Bertz CT molecular complexity index is 514. The molecule has 0 rings (SSSR count). The zero-order valence-corrected chi connectivity index (χ0v) is 18.3. The van der Waals surface area contributed by atoms with Gasteiger partial charge >= 0.3 is 0 Å². The number of carbonyl (C=O) groups is 3. The topological polar surface area (TPSA) is 138 Å². The van der Waals surface area contributed by atoms with Crippen molar-refractivity contribution in [3.63, 3.8) is 0 Å². The van der Waals surface area contributed by atoms with E-state index in [-0.39, 0.29) is 23.5 Å². The molecule has 0 aliphatic carbocycles. The van der Waals surface area contributed by atoms with Crippen LogP contribution in [0.2, 0.25) is 0 Å². The van der Waals surface area contributed by atoms with Gasteiger partial charge in [-0.2, -0.15) is 11.8 Å². The largest absolute Gasteiger partial charge is 0.359 e. The fraction of sp³-hybridized carbons (Fsp3) is 0.778. The van der Waals surface area contributed by atoms with Gasteiger partial charge in [0.2, 0.25) is 11.8 Å². The average Bonchev–Trinajstić information content (AvgIpc) is 2.67. The van der Waals surface area contributed by atoms with Gasteiger partial charge in [-0.15, -0.1) is 0 Å². The molecule has 0 spiro atoms. The highest BCUT2D eigenvalue weighted by Crippen LogP contribution is 2.00. The molecule has 0 aromatic rings. The molecule has 0 radical (unpaired) electrons. The summed E-state index contributed by atoms with van der Waals surface area (Å²) >= 11 is 1.43. The molecule has 2 amide bonds. The minimum absolute atomic E-state index is 0.00599. The van der Waals surface area contributed by atoms with Crippen molar-refractivity contribution >= 4 is 35.3 Å². The van der Waals surface area contributed by atoms with E-state index in [9.17, 15) is 14.4 Å². The van der Waals surface area contributed by atoms with Crippen LogP contribution in [0, 0.1) is 5.92 Å². The van der Waals surface area contributed by atoms with E-state index in [1.807, 2.05) is 13.8 Å². The van der Waals surface area contributed by atoms with E-state index in [2.05, 4.69) is 26.3 Å². The van der Waals surface area contributed by atoms with Crippen LogP contribution in [-0.4, -0.2) is 74.8 Å². The fourth-order valence-corrected chi connectivity index (χ4v) is 2.82. The Morgan fingerprint density at radius 3 is 2.39 bits per heavy atom. The van der Waals surface area contributed by atoms with Crippen LogP contribution >= 0.6 is 11.8 Å². The highest BCUT2D eigenvalue weighted by atomic mass is 32.2. The Morgan fingerprint density at radius 1 is 1.07 bits per heavy atom. The van der Waals surface area contributed by atoms with Crippen molar-refractivity contribution in [2.24, 2.45) is 16.6 Å². The second-order valence-corrected chi connectivity index (χ2v) is 7.67. The number of amides is 2. The monoisotopic (exact) mass is 416 g/mol. The SMILES string of the molecule is C/N=C(/NC)NCCCC(N)C(=O)NCCSCC(=O)NCCC(=O)C(C)C. The molecule has 9 nitrogen and oxygen atoms in total. The van der Waals surface area contributed by atoms with Crippen LogP contribution in [0.25, 0.3) is 0 Å². The summed E-state index contributed by atoms with van der Waals surface area (Å²) in [6.07, 6.45) is 1.69. The number of rotatable bonds is 14. The lowest BCUT2D eigenvalue weighted by Crippen LogP contribution is -2.42. The van der Waals surface area contributed by atoms with Gasteiger partial charge in [-0.25, -0.2) is 0 Å². The Kier molecular flexibility index (Phi) is 15.1. The van der Waals surface area contributed by atoms with Crippen molar-refractivity contribution in [1.29, 1.82) is 0 Å². The molecular formula is C18H36N6O3S. The lowest BCUT2D eigenvalue weighted by molar-refractivity contribution is -0.123. The molecule has 0 aromatic carbocycles. The van der Waals surface area contributed by atoms with Crippen molar-refractivity contribution in [3.05, 3.63) is 0 Å². The maximum absolute atomic E-state index is 11.9. The Hall–Kier alpha value is -1.81. The van der Waals surface area contributed by atoms with Crippen LogP contribution in [0.15, 0.2) is 4.99 Å². The number of nitrogens with two attached hydrogens (primary N) is 1. The molecule has 10 heteroatoms. The zero-order valence-electron chi connectivity index (χ0n) is 17.5. The number of hydrogen-bond acceptors (Lipinski definition) is 6. The van der Waals surface area contributed by atoms with Crippen LogP contribution in [-0.2, 0) is 14.4 Å². The summed E-state index contributed by atoms with van der Waals surface area (Å²) in [5.41, 5.74) is 5.88. The Labute approximate surface area is 172 Å². The minimum atomic E-state index is -0.551. The summed E-state index contributed by atoms with van der Waals surface area (Å²) in [6.45, 7) is 5.20. The van der Waals surface area contributed by atoms with Crippen LogP contribution in [0.5, 0.6) is 0 Å². The minimum Gasteiger partial charge on any atom is -0.359 e. The molecule has 1 unspecified atom stereocenters. The summed E-state index contributed by atoms with van der Waals surface area (Å²) in [4.78, 5) is 39.1.